The van der Waals surface area contributed by atoms with Gasteiger partial charge < -0.3 is 10.1 Å². The van der Waals surface area contributed by atoms with E-state index in [4.69, 9.17) is 4.74 Å². The Morgan fingerprint density at radius 2 is 1.93 bits per heavy atom. The standard InChI is InChI=1S/C13H19NO/c1-10(2)12(14-3)13(15-4)11-8-6-5-7-9-11/h5-9,12-14H,1H2,2-4H3. The quantitative estimate of drug-likeness (QED) is 0.746. The summed E-state index contributed by atoms with van der Waals surface area (Å²) in [6.07, 6.45) is 0.0219. The second-order valence-corrected chi connectivity index (χ2v) is 3.68. The summed E-state index contributed by atoms with van der Waals surface area (Å²) in [5.41, 5.74) is 2.25. The van der Waals surface area contributed by atoms with E-state index in [-0.39, 0.29) is 12.1 Å². The van der Waals surface area contributed by atoms with Crippen molar-refractivity contribution in [2.24, 2.45) is 0 Å². The third kappa shape index (κ3) is 2.91. The topological polar surface area (TPSA) is 21.3 Å². The largest absolute Gasteiger partial charge is 0.375 e. The van der Waals surface area contributed by atoms with Crippen LogP contribution in [0.2, 0.25) is 0 Å². The van der Waals surface area contributed by atoms with Gasteiger partial charge in [-0.1, -0.05) is 42.5 Å². The predicted octanol–water partition coefficient (Wildman–Crippen LogP) is 2.54. The lowest BCUT2D eigenvalue weighted by Gasteiger charge is -2.26. The maximum Gasteiger partial charge on any atom is 0.101 e. The van der Waals surface area contributed by atoms with Crippen LogP contribution in [0.25, 0.3) is 0 Å². The Balaban J connectivity index is 2.92. The van der Waals surface area contributed by atoms with Crippen molar-refractivity contribution in [3.8, 4) is 0 Å². The molecule has 0 aliphatic carbocycles. The molecule has 1 aromatic rings. The van der Waals surface area contributed by atoms with Gasteiger partial charge in [-0.25, -0.2) is 0 Å². The highest BCUT2D eigenvalue weighted by Gasteiger charge is 2.21. The van der Waals surface area contributed by atoms with Crippen LogP contribution in [0.5, 0.6) is 0 Å². The molecule has 1 rings (SSSR count). The molecule has 0 aromatic heterocycles. The molecule has 15 heavy (non-hydrogen) atoms. The minimum Gasteiger partial charge on any atom is -0.375 e. The first-order valence-electron chi connectivity index (χ1n) is 5.11. The number of likely N-dealkylation sites (N-methyl/N-ethyl adjacent to an activating group) is 1. The number of ether oxygens (including phenoxy) is 1. The van der Waals surface area contributed by atoms with Gasteiger partial charge in [-0.05, 0) is 19.5 Å². The highest BCUT2D eigenvalue weighted by molar-refractivity contribution is 5.22. The second kappa shape index (κ2) is 5.69. The molecule has 0 radical (unpaired) electrons. The average molecular weight is 205 g/mol. The minimum absolute atomic E-state index is 0.0219. The normalized spacial score (nSPS) is 14.6. The van der Waals surface area contributed by atoms with E-state index in [0.717, 1.165) is 5.57 Å². The molecular weight excluding hydrogens is 186 g/mol. The van der Waals surface area contributed by atoms with Crippen molar-refractivity contribution in [2.75, 3.05) is 14.2 Å². The van der Waals surface area contributed by atoms with Crippen LogP contribution in [-0.4, -0.2) is 20.2 Å². The lowest BCUT2D eigenvalue weighted by molar-refractivity contribution is 0.0811. The summed E-state index contributed by atoms with van der Waals surface area (Å²) in [7, 11) is 3.65. The molecule has 0 fully saturated rings. The van der Waals surface area contributed by atoms with E-state index in [9.17, 15) is 0 Å². The Morgan fingerprint density at radius 1 is 1.33 bits per heavy atom. The lowest BCUT2D eigenvalue weighted by atomic mass is 9.97. The van der Waals surface area contributed by atoms with Crippen molar-refractivity contribution in [1.82, 2.24) is 5.32 Å². The second-order valence-electron chi connectivity index (χ2n) is 3.68. The van der Waals surface area contributed by atoms with Gasteiger partial charge in [0.1, 0.15) is 6.10 Å². The Morgan fingerprint density at radius 3 is 2.33 bits per heavy atom. The number of rotatable bonds is 5. The molecule has 0 aliphatic heterocycles. The van der Waals surface area contributed by atoms with Crippen LogP contribution in [0.3, 0.4) is 0 Å². The smallest absolute Gasteiger partial charge is 0.101 e. The van der Waals surface area contributed by atoms with Crippen molar-refractivity contribution in [1.29, 1.82) is 0 Å². The van der Waals surface area contributed by atoms with Crippen LogP contribution in [0.1, 0.15) is 18.6 Å². The van der Waals surface area contributed by atoms with Crippen molar-refractivity contribution < 1.29 is 4.74 Å². The maximum absolute atomic E-state index is 5.53. The molecule has 2 unspecified atom stereocenters. The van der Waals surface area contributed by atoms with E-state index in [1.807, 2.05) is 32.2 Å². The number of benzene rings is 1. The van der Waals surface area contributed by atoms with E-state index in [1.54, 1.807) is 7.11 Å². The first kappa shape index (κ1) is 12.0. The molecule has 0 saturated heterocycles. The molecule has 2 nitrogen and oxygen atoms in total. The van der Waals surface area contributed by atoms with Gasteiger partial charge in [0, 0.05) is 7.11 Å². The molecule has 1 aromatic carbocycles. The Kier molecular flexibility index (Phi) is 4.53. The molecule has 2 heteroatoms. The third-order valence-electron chi connectivity index (χ3n) is 2.53. The maximum atomic E-state index is 5.53. The highest BCUT2D eigenvalue weighted by atomic mass is 16.5. The monoisotopic (exact) mass is 205 g/mol. The first-order valence-corrected chi connectivity index (χ1v) is 5.11. The third-order valence-corrected chi connectivity index (χ3v) is 2.53. The van der Waals surface area contributed by atoms with E-state index < -0.39 is 0 Å². The molecule has 0 spiro atoms. The number of nitrogens with one attached hydrogen (secondary N) is 1. The Bertz CT molecular complexity index is 308. The SMILES string of the molecule is C=C(C)C(NC)C(OC)c1ccccc1. The van der Waals surface area contributed by atoms with Crippen LogP contribution in [0.4, 0.5) is 0 Å². The first-order chi connectivity index (χ1) is 7.20. The molecule has 0 saturated carbocycles. The molecule has 0 heterocycles. The van der Waals surface area contributed by atoms with E-state index in [2.05, 4.69) is 24.0 Å². The molecule has 82 valence electrons. The van der Waals surface area contributed by atoms with Gasteiger partial charge in [-0.2, -0.15) is 0 Å². The van der Waals surface area contributed by atoms with Crippen LogP contribution < -0.4 is 5.32 Å². The van der Waals surface area contributed by atoms with Crippen LogP contribution in [0, 0.1) is 0 Å². The number of methoxy groups -OCH3 is 1. The van der Waals surface area contributed by atoms with Crippen LogP contribution in [0.15, 0.2) is 42.5 Å². The fourth-order valence-electron chi connectivity index (χ4n) is 1.76. The number of hydrogen-bond acceptors (Lipinski definition) is 2. The van der Waals surface area contributed by atoms with Gasteiger partial charge in [0.05, 0.1) is 6.04 Å². The fraction of sp³-hybridized carbons (Fsp3) is 0.385. The zero-order valence-corrected chi connectivity index (χ0v) is 9.66. The Hall–Kier alpha value is -1.12. The van der Waals surface area contributed by atoms with Crippen molar-refractivity contribution in [3.63, 3.8) is 0 Å². The zero-order valence-electron chi connectivity index (χ0n) is 9.66. The van der Waals surface area contributed by atoms with Crippen molar-refractivity contribution in [3.05, 3.63) is 48.0 Å². The van der Waals surface area contributed by atoms with Crippen molar-refractivity contribution >= 4 is 0 Å². The van der Waals surface area contributed by atoms with Gasteiger partial charge in [0.25, 0.3) is 0 Å². The van der Waals surface area contributed by atoms with Crippen LogP contribution >= 0.6 is 0 Å². The summed E-state index contributed by atoms with van der Waals surface area (Å²) in [6.45, 7) is 5.99. The number of hydrogen-bond donors (Lipinski definition) is 1. The van der Waals surface area contributed by atoms with Gasteiger partial charge in [-0.3, -0.25) is 0 Å². The molecule has 0 amide bonds. The summed E-state index contributed by atoms with van der Waals surface area (Å²) < 4.78 is 5.53. The summed E-state index contributed by atoms with van der Waals surface area (Å²) in [6, 6.07) is 10.3. The van der Waals surface area contributed by atoms with Crippen LogP contribution in [-0.2, 0) is 4.74 Å². The van der Waals surface area contributed by atoms with Crippen molar-refractivity contribution in [2.45, 2.75) is 19.1 Å². The Labute approximate surface area is 92.0 Å². The highest BCUT2D eigenvalue weighted by Crippen LogP contribution is 2.23. The molecule has 0 aliphatic rings. The van der Waals surface area contributed by atoms with Gasteiger partial charge >= 0.3 is 0 Å². The minimum atomic E-state index is 0.0219. The molecular formula is C13H19NO. The van der Waals surface area contributed by atoms with E-state index >= 15 is 0 Å². The molecule has 1 N–H and O–H groups in total. The molecule has 2 atom stereocenters. The average Bonchev–Trinajstić information content (AvgIpc) is 2.26. The summed E-state index contributed by atoms with van der Waals surface area (Å²) in [4.78, 5) is 0. The summed E-state index contributed by atoms with van der Waals surface area (Å²) in [5, 5.41) is 3.23. The van der Waals surface area contributed by atoms with Gasteiger partial charge in [-0.15, -0.1) is 0 Å². The van der Waals surface area contributed by atoms with Gasteiger partial charge in [0.2, 0.25) is 0 Å². The van der Waals surface area contributed by atoms with E-state index in [0.29, 0.717) is 0 Å². The molecule has 0 bridgehead atoms. The lowest BCUT2D eigenvalue weighted by Crippen LogP contribution is -2.33. The zero-order chi connectivity index (χ0) is 11.3. The fourth-order valence-corrected chi connectivity index (χ4v) is 1.76. The predicted molar refractivity (Wildman–Crippen MR) is 63.9 cm³/mol. The summed E-state index contributed by atoms with van der Waals surface area (Å²) >= 11 is 0. The van der Waals surface area contributed by atoms with E-state index in [1.165, 1.54) is 5.56 Å². The summed E-state index contributed by atoms with van der Waals surface area (Å²) in [5.74, 6) is 0. The van der Waals surface area contributed by atoms with Gasteiger partial charge in [0.15, 0.2) is 0 Å².